The van der Waals surface area contributed by atoms with Gasteiger partial charge in [-0.1, -0.05) is 13.8 Å². The number of aryl methyl sites for hydroxylation is 1. The molecule has 2 atom stereocenters. The average molecular weight is 320 g/mol. The summed E-state index contributed by atoms with van der Waals surface area (Å²) in [6, 6.07) is 0.257. The molecule has 126 valence electrons. The van der Waals surface area contributed by atoms with E-state index < -0.39 is 0 Å². The third-order valence-electron chi connectivity index (χ3n) is 4.70. The minimum atomic E-state index is -0.198. The number of rotatable bonds is 3. The zero-order valence-corrected chi connectivity index (χ0v) is 14.0. The molecule has 1 aromatic rings. The minimum absolute atomic E-state index is 0.0619. The highest BCUT2D eigenvalue weighted by molar-refractivity contribution is 5.89. The lowest BCUT2D eigenvalue weighted by Gasteiger charge is -2.47. The van der Waals surface area contributed by atoms with Gasteiger partial charge in [-0.3, -0.25) is 9.59 Å². The number of piperidine rings is 2. The molecular weight excluding hydrogens is 296 g/mol. The maximum atomic E-state index is 12.5. The van der Waals surface area contributed by atoms with Crippen molar-refractivity contribution in [2.75, 3.05) is 19.6 Å². The van der Waals surface area contributed by atoms with E-state index >= 15 is 0 Å². The fourth-order valence-electron chi connectivity index (χ4n) is 3.68. The van der Waals surface area contributed by atoms with Crippen LogP contribution in [0, 0.1) is 18.8 Å². The molecule has 7 nitrogen and oxygen atoms in total. The van der Waals surface area contributed by atoms with Crippen LogP contribution >= 0.6 is 0 Å². The van der Waals surface area contributed by atoms with E-state index in [2.05, 4.69) is 24.0 Å². The van der Waals surface area contributed by atoms with Crippen LogP contribution in [0.4, 0.5) is 0 Å². The molecule has 2 fully saturated rings. The van der Waals surface area contributed by atoms with Gasteiger partial charge in [0, 0.05) is 39.0 Å². The largest absolute Gasteiger partial charge is 0.417 e. The molecule has 2 aliphatic rings. The van der Waals surface area contributed by atoms with Crippen LogP contribution in [-0.2, 0) is 4.79 Å². The lowest BCUT2D eigenvalue weighted by Crippen LogP contribution is -2.57. The van der Waals surface area contributed by atoms with Gasteiger partial charge in [-0.15, -0.1) is 10.2 Å². The molecule has 3 heterocycles. The number of fused-ring (bicyclic) bond motifs is 1. The molecular formula is C16H24N4O3. The number of hydrogen-bond acceptors (Lipinski definition) is 5. The summed E-state index contributed by atoms with van der Waals surface area (Å²) in [7, 11) is 0. The van der Waals surface area contributed by atoms with Crippen LogP contribution in [0.2, 0.25) is 0 Å². The van der Waals surface area contributed by atoms with E-state index in [-0.39, 0.29) is 23.7 Å². The van der Waals surface area contributed by atoms with Crippen molar-refractivity contribution in [2.24, 2.45) is 11.8 Å². The maximum Gasteiger partial charge on any atom is 0.311 e. The van der Waals surface area contributed by atoms with Gasteiger partial charge in [0.15, 0.2) is 0 Å². The lowest BCUT2D eigenvalue weighted by molar-refractivity contribution is -0.141. The van der Waals surface area contributed by atoms with E-state index in [1.807, 2.05) is 4.90 Å². The monoisotopic (exact) mass is 320 g/mol. The van der Waals surface area contributed by atoms with Crippen molar-refractivity contribution in [1.29, 1.82) is 0 Å². The van der Waals surface area contributed by atoms with Crippen molar-refractivity contribution >= 4 is 11.8 Å². The molecule has 1 aromatic heterocycles. The third kappa shape index (κ3) is 3.23. The van der Waals surface area contributed by atoms with Gasteiger partial charge in [0.25, 0.3) is 0 Å². The predicted molar refractivity (Wildman–Crippen MR) is 82.6 cm³/mol. The fourth-order valence-corrected chi connectivity index (χ4v) is 3.68. The van der Waals surface area contributed by atoms with Crippen LogP contribution in [0.5, 0.6) is 0 Å². The van der Waals surface area contributed by atoms with Gasteiger partial charge in [-0.25, -0.2) is 0 Å². The highest BCUT2D eigenvalue weighted by atomic mass is 16.4. The molecule has 0 saturated carbocycles. The first-order valence-corrected chi connectivity index (χ1v) is 8.34. The molecule has 2 aliphatic heterocycles. The van der Waals surface area contributed by atoms with Crippen LogP contribution in [0.15, 0.2) is 4.42 Å². The summed E-state index contributed by atoms with van der Waals surface area (Å²) in [5.41, 5.74) is 0. The van der Waals surface area contributed by atoms with Crippen molar-refractivity contribution < 1.29 is 14.0 Å². The van der Waals surface area contributed by atoms with E-state index in [9.17, 15) is 9.59 Å². The van der Waals surface area contributed by atoms with Gasteiger partial charge in [-0.05, 0) is 24.7 Å². The second-order valence-electron chi connectivity index (χ2n) is 6.97. The minimum Gasteiger partial charge on any atom is -0.417 e. The van der Waals surface area contributed by atoms with E-state index in [0.29, 0.717) is 37.2 Å². The Labute approximate surface area is 136 Å². The van der Waals surface area contributed by atoms with Crippen molar-refractivity contribution in [2.45, 2.75) is 46.1 Å². The van der Waals surface area contributed by atoms with Gasteiger partial charge in [0.05, 0.1) is 0 Å². The summed E-state index contributed by atoms with van der Waals surface area (Å²) < 4.78 is 5.25. The molecule has 0 N–H and O–H groups in total. The van der Waals surface area contributed by atoms with E-state index in [4.69, 9.17) is 4.42 Å². The molecule has 3 rings (SSSR count). The quantitative estimate of drug-likeness (QED) is 0.843. The first-order valence-electron chi connectivity index (χ1n) is 8.34. The highest BCUT2D eigenvalue weighted by Crippen LogP contribution is 2.32. The number of carbonyl (C=O) groups excluding carboxylic acids is 2. The Hall–Kier alpha value is -1.92. The first-order chi connectivity index (χ1) is 11.0. The summed E-state index contributed by atoms with van der Waals surface area (Å²) in [5.74, 6) is 1.32. The summed E-state index contributed by atoms with van der Waals surface area (Å²) in [6.45, 7) is 8.03. The Morgan fingerprint density at radius 2 is 2.13 bits per heavy atom. The summed E-state index contributed by atoms with van der Waals surface area (Å²) in [6.07, 6.45) is 2.25. The number of amides is 2. The van der Waals surface area contributed by atoms with Gasteiger partial charge >= 0.3 is 11.8 Å². The Morgan fingerprint density at radius 1 is 1.35 bits per heavy atom. The zero-order valence-electron chi connectivity index (χ0n) is 14.0. The standard InChI is InChI=1S/C16H24N4O3/c1-10(2)8-20-13-6-7-19(9-12(13)4-5-14(20)21)16(22)15-18-17-11(3)23-15/h10,12-13H,4-9H2,1-3H3/t12-,13+/m0/s1. The second-order valence-corrected chi connectivity index (χ2v) is 6.97. The van der Waals surface area contributed by atoms with Crippen molar-refractivity contribution in [3.63, 3.8) is 0 Å². The average Bonchev–Trinajstić information content (AvgIpc) is 2.95. The molecule has 0 aliphatic carbocycles. The smallest absolute Gasteiger partial charge is 0.311 e. The topological polar surface area (TPSA) is 79.5 Å². The Morgan fingerprint density at radius 3 is 2.78 bits per heavy atom. The zero-order chi connectivity index (χ0) is 16.6. The number of aromatic nitrogens is 2. The molecule has 23 heavy (non-hydrogen) atoms. The third-order valence-corrected chi connectivity index (χ3v) is 4.70. The van der Waals surface area contributed by atoms with Crippen molar-refractivity contribution in [3.8, 4) is 0 Å². The summed E-state index contributed by atoms with van der Waals surface area (Å²) >= 11 is 0. The van der Waals surface area contributed by atoms with Crippen LogP contribution in [0.3, 0.4) is 0 Å². The van der Waals surface area contributed by atoms with E-state index in [1.54, 1.807) is 11.8 Å². The Balaban J connectivity index is 1.69. The summed E-state index contributed by atoms with van der Waals surface area (Å²) in [4.78, 5) is 28.5. The van der Waals surface area contributed by atoms with Crippen LogP contribution in [0.1, 0.15) is 49.7 Å². The fraction of sp³-hybridized carbons (Fsp3) is 0.750. The Bertz CT molecular complexity index is 598. The first kappa shape index (κ1) is 16.0. The van der Waals surface area contributed by atoms with E-state index in [1.165, 1.54) is 0 Å². The molecule has 0 aromatic carbocycles. The normalized spacial score (nSPS) is 25.0. The van der Waals surface area contributed by atoms with Crippen molar-refractivity contribution in [3.05, 3.63) is 11.8 Å². The van der Waals surface area contributed by atoms with Gasteiger partial charge in [0.2, 0.25) is 11.8 Å². The van der Waals surface area contributed by atoms with Crippen LogP contribution in [0.25, 0.3) is 0 Å². The molecule has 0 radical (unpaired) electrons. The molecule has 2 saturated heterocycles. The predicted octanol–water partition coefficient (Wildman–Crippen LogP) is 1.49. The second kappa shape index (κ2) is 6.29. The van der Waals surface area contributed by atoms with Crippen LogP contribution in [-0.4, -0.2) is 57.5 Å². The summed E-state index contributed by atoms with van der Waals surface area (Å²) in [5, 5.41) is 7.54. The van der Waals surface area contributed by atoms with Gasteiger partial charge < -0.3 is 14.2 Å². The lowest BCUT2D eigenvalue weighted by atomic mass is 9.83. The number of likely N-dealkylation sites (tertiary alicyclic amines) is 2. The van der Waals surface area contributed by atoms with Gasteiger partial charge in [0.1, 0.15) is 0 Å². The SMILES string of the molecule is Cc1nnc(C(=O)N2CC[C@@H]3[C@@H](CCC(=O)N3CC(C)C)C2)o1. The van der Waals surface area contributed by atoms with E-state index in [0.717, 1.165) is 19.4 Å². The van der Waals surface area contributed by atoms with Crippen molar-refractivity contribution in [1.82, 2.24) is 20.0 Å². The maximum absolute atomic E-state index is 12.5. The molecule has 2 amide bonds. The number of carbonyl (C=O) groups is 2. The van der Waals surface area contributed by atoms with Crippen LogP contribution < -0.4 is 0 Å². The molecule has 7 heteroatoms. The molecule has 0 spiro atoms. The molecule has 0 unspecified atom stereocenters. The number of nitrogens with zero attached hydrogens (tertiary/aromatic N) is 4. The molecule has 0 bridgehead atoms. The Kier molecular flexibility index (Phi) is 4.37. The van der Waals surface area contributed by atoms with Gasteiger partial charge in [-0.2, -0.15) is 0 Å². The highest BCUT2D eigenvalue weighted by Gasteiger charge is 2.41. The number of hydrogen-bond donors (Lipinski definition) is 0.